The zero-order valence-corrected chi connectivity index (χ0v) is 17.9. The van der Waals surface area contributed by atoms with Crippen LogP contribution in [-0.4, -0.2) is 34.0 Å². The number of aryl methyl sites for hydroxylation is 1. The van der Waals surface area contributed by atoms with Crippen molar-refractivity contribution in [3.63, 3.8) is 0 Å². The van der Waals surface area contributed by atoms with Crippen LogP contribution in [0.15, 0.2) is 57.5 Å². The quantitative estimate of drug-likeness (QED) is 0.606. The molecule has 1 amide bonds. The average Bonchev–Trinajstić information content (AvgIpc) is 3.17. The third kappa shape index (κ3) is 5.10. The number of hydrogen-bond donors (Lipinski definition) is 1. The van der Waals surface area contributed by atoms with E-state index in [0.717, 1.165) is 47.2 Å². The molecule has 2 aromatic carbocycles. The van der Waals surface area contributed by atoms with Gasteiger partial charge in [0.25, 0.3) is 0 Å². The van der Waals surface area contributed by atoms with Gasteiger partial charge in [0.15, 0.2) is 0 Å². The molecule has 1 saturated heterocycles. The normalized spacial score (nSPS) is 15.4. The lowest BCUT2D eigenvalue weighted by atomic mass is 9.96. The summed E-state index contributed by atoms with van der Waals surface area (Å²) in [4.78, 5) is 19.3. The molecule has 6 nitrogen and oxygen atoms in total. The molecule has 1 fully saturated rings. The first kappa shape index (κ1) is 19.8. The fraction of sp³-hybridized carbons (Fsp3) is 0.318. The van der Waals surface area contributed by atoms with Gasteiger partial charge in [0.1, 0.15) is 0 Å². The maximum absolute atomic E-state index is 12.6. The number of benzene rings is 2. The average molecular weight is 455 g/mol. The number of halogens is 1. The minimum Gasteiger partial charge on any atom is -0.338 e. The Morgan fingerprint density at radius 2 is 1.97 bits per heavy atom. The molecule has 1 aromatic heterocycles. The second kappa shape index (κ2) is 8.88. The van der Waals surface area contributed by atoms with Gasteiger partial charge in [-0.2, -0.15) is 4.98 Å². The summed E-state index contributed by atoms with van der Waals surface area (Å²) in [5.41, 5.74) is 2.93. The molecular weight excluding hydrogens is 432 g/mol. The Morgan fingerprint density at radius 3 is 2.69 bits per heavy atom. The Bertz CT molecular complexity index is 978. The molecule has 1 aliphatic heterocycles. The summed E-state index contributed by atoms with van der Waals surface area (Å²) in [6, 6.07) is 15.7. The van der Waals surface area contributed by atoms with E-state index in [4.69, 9.17) is 4.52 Å². The largest absolute Gasteiger partial charge is 0.338 e. The van der Waals surface area contributed by atoms with E-state index in [0.29, 0.717) is 18.3 Å². The monoisotopic (exact) mass is 454 g/mol. The zero-order chi connectivity index (χ0) is 20.2. The van der Waals surface area contributed by atoms with Crippen LogP contribution in [0.5, 0.6) is 0 Å². The lowest BCUT2D eigenvalue weighted by molar-refractivity contribution is -0.121. The summed E-state index contributed by atoms with van der Waals surface area (Å²) >= 11 is 3.43. The minimum absolute atomic E-state index is 0.0350. The van der Waals surface area contributed by atoms with Crippen LogP contribution in [0, 0.1) is 12.8 Å². The molecule has 0 spiro atoms. The van der Waals surface area contributed by atoms with Crippen LogP contribution in [0.4, 0.5) is 5.69 Å². The van der Waals surface area contributed by atoms with E-state index in [1.54, 1.807) is 0 Å². The highest BCUT2D eigenvalue weighted by Crippen LogP contribution is 2.23. The third-order valence-electron chi connectivity index (χ3n) is 5.17. The van der Waals surface area contributed by atoms with Crippen molar-refractivity contribution in [3.05, 3.63) is 64.5 Å². The first-order valence-corrected chi connectivity index (χ1v) is 10.5. The van der Waals surface area contributed by atoms with Crippen LogP contribution in [0.2, 0.25) is 0 Å². The van der Waals surface area contributed by atoms with E-state index < -0.39 is 0 Å². The maximum Gasteiger partial charge on any atom is 0.241 e. The van der Waals surface area contributed by atoms with Crippen molar-refractivity contribution in [2.75, 3.05) is 18.4 Å². The van der Waals surface area contributed by atoms with Gasteiger partial charge in [-0.05, 0) is 74.8 Å². The Labute approximate surface area is 178 Å². The van der Waals surface area contributed by atoms with Gasteiger partial charge in [0, 0.05) is 21.6 Å². The second-order valence-corrected chi connectivity index (χ2v) is 8.34. The number of amides is 1. The number of hydrogen-bond acceptors (Lipinski definition) is 5. The number of piperidine rings is 1. The molecule has 0 aliphatic carbocycles. The molecule has 0 radical (unpaired) electrons. The van der Waals surface area contributed by atoms with Crippen LogP contribution in [0.25, 0.3) is 11.4 Å². The van der Waals surface area contributed by atoms with Gasteiger partial charge in [0.05, 0.1) is 6.54 Å². The number of nitrogens with one attached hydrogen (secondary N) is 1. The molecule has 4 rings (SSSR count). The van der Waals surface area contributed by atoms with Gasteiger partial charge in [-0.3, -0.25) is 9.69 Å². The molecule has 150 valence electrons. The molecule has 29 heavy (non-hydrogen) atoms. The molecule has 3 aromatic rings. The van der Waals surface area contributed by atoms with E-state index in [1.807, 2.05) is 55.5 Å². The summed E-state index contributed by atoms with van der Waals surface area (Å²) in [6.07, 6.45) is 1.65. The number of anilines is 1. The van der Waals surface area contributed by atoms with Crippen molar-refractivity contribution in [1.29, 1.82) is 0 Å². The molecule has 1 aliphatic rings. The van der Waals surface area contributed by atoms with Crippen molar-refractivity contribution < 1.29 is 9.32 Å². The van der Waals surface area contributed by atoms with Crippen LogP contribution < -0.4 is 5.32 Å². The predicted octanol–water partition coefficient (Wildman–Crippen LogP) is 4.66. The van der Waals surface area contributed by atoms with Crippen molar-refractivity contribution in [1.82, 2.24) is 15.0 Å². The number of nitrogens with zero attached hydrogens (tertiary/aromatic N) is 3. The molecule has 0 saturated carbocycles. The van der Waals surface area contributed by atoms with E-state index in [-0.39, 0.29) is 11.8 Å². The second-order valence-electron chi connectivity index (χ2n) is 7.43. The smallest absolute Gasteiger partial charge is 0.241 e. The van der Waals surface area contributed by atoms with Crippen LogP contribution >= 0.6 is 15.9 Å². The lowest BCUT2D eigenvalue weighted by Gasteiger charge is -2.30. The fourth-order valence-corrected chi connectivity index (χ4v) is 3.81. The first-order valence-electron chi connectivity index (χ1n) is 9.75. The highest BCUT2D eigenvalue weighted by Gasteiger charge is 2.26. The number of carbonyl (C=O) groups excluding carboxylic acids is 1. The lowest BCUT2D eigenvalue weighted by Crippen LogP contribution is -2.37. The standard InChI is InChI=1S/C22H23BrN4O2/c1-15-3-2-4-19(13-15)24-22(28)17-9-11-27(12-10-17)14-20-25-21(26-29-20)16-5-7-18(23)8-6-16/h2-8,13,17H,9-12,14H2,1H3,(H,24,28). The SMILES string of the molecule is Cc1cccc(NC(=O)C2CCN(Cc3nc(-c4ccc(Br)cc4)no3)CC2)c1. The molecule has 1 N–H and O–H groups in total. The zero-order valence-electron chi connectivity index (χ0n) is 16.3. The Morgan fingerprint density at radius 1 is 1.21 bits per heavy atom. The number of rotatable bonds is 5. The van der Waals surface area contributed by atoms with E-state index in [1.165, 1.54) is 0 Å². The topological polar surface area (TPSA) is 71.3 Å². The highest BCUT2D eigenvalue weighted by molar-refractivity contribution is 9.10. The predicted molar refractivity (Wildman–Crippen MR) is 115 cm³/mol. The van der Waals surface area contributed by atoms with Gasteiger partial charge in [-0.25, -0.2) is 0 Å². The van der Waals surface area contributed by atoms with Crippen LogP contribution in [0.3, 0.4) is 0 Å². The molecular formula is C22H23BrN4O2. The van der Waals surface area contributed by atoms with Gasteiger partial charge < -0.3 is 9.84 Å². The van der Waals surface area contributed by atoms with Crippen molar-refractivity contribution in [2.24, 2.45) is 5.92 Å². The Kier molecular flexibility index (Phi) is 6.06. The van der Waals surface area contributed by atoms with Crippen LogP contribution in [-0.2, 0) is 11.3 Å². The number of likely N-dealkylation sites (tertiary alicyclic amines) is 1. The molecule has 0 atom stereocenters. The summed E-state index contributed by atoms with van der Waals surface area (Å²) < 4.78 is 6.44. The minimum atomic E-state index is 0.0350. The van der Waals surface area contributed by atoms with E-state index >= 15 is 0 Å². The van der Waals surface area contributed by atoms with Gasteiger partial charge in [0.2, 0.25) is 17.6 Å². The summed E-state index contributed by atoms with van der Waals surface area (Å²) in [5, 5.41) is 7.13. The number of aromatic nitrogens is 2. The van der Waals surface area contributed by atoms with Crippen LogP contribution in [0.1, 0.15) is 24.3 Å². The maximum atomic E-state index is 12.6. The Balaban J connectivity index is 1.29. The molecule has 0 bridgehead atoms. The molecule has 0 unspecified atom stereocenters. The van der Waals surface area contributed by atoms with E-state index in [9.17, 15) is 4.79 Å². The summed E-state index contributed by atoms with van der Waals surface area (Å²) in [6.45, 7) is 4.30. The van der Waals surface area contributed by atoms with Crippen molar-refractivity contribution in [3.8, 4) is 11.4 Å². The number of carbonyl (C=O) groups is 1. The summed E-state index contributed by atoms with van der Waals surface area (Å²) in [7, 11) is 0. The van der Waals surface area contributed by atoms with Gasteiger partial charge in [-0.1, -0.05) is 33.2 Å². The van der Waals surface area contributed by atoms with Crippen molar-refractivity contribution in [2.45, 2.75) is 26.3 Å². The molecule has 2 heterocycles. The van der Waals surface area contributed by atoms with Gasteiger partial charge in [-0.15, -0.1) is 0 Å². The first-order chi connectivity index (χ1) is 14.1. The fourth-order valence-electron chi connectivity index (χ4n) is 3.55. The highest BCUT2D eigenvalue weighted by atomic mass is 79.9. The summed E-state index contributed by atoms with van der Waals surface area (Å²) in [5.74, 6) is 1.34. The Hall–Kier alpha value is -2.51. The molecule has 7 heteroatoms. The van der Waals surface area contributed by atoms with Gasteiger partial charge >= 0.3 is 0 Å². The van der Waals surface area contributed by atoms with Crippen molar-refractivity contribution >= 4 is 27.5 Å². The van der Waals surface area contributed by atoms with E-state index in [2.05, 4.69) is 36.3 Å². The third-order valence-corrected chi connectivity index (χ3v) is 5.70.